The van der Waals surface area contributed by atoms with Crippen LogP contribution in [0.3, 0.4) is 0 Å². The van der Waals surface area contributed by atoms with Crippen molar-refractivity contribution in [1.82, 2.24) is 5.43 Å². The number of pyridine rings is 1. The van der Waals surface area contributed by atoms with Gasteiger partial charge in [0.2, 0.25) is 11.5 Å². The number of phenols is 1. The molecule has 3 rings (SSSR count). The van der Waals surface area contributed by atoms with Crippen molar-refractivity contribution < 1.29 is 15.0 Å². The van der Waals surface area contributed by atoms with Crippen LogP contribution in [0, 0.1) is 10.1 Å². The number of aromatic nitrogens is 1. The van der Waals surface area contributed by atoms with Crippen LogP contribution in [-0.4, -0.2) is 22.1 Å². The molecule has 8 heteroatoms. The highest BCUT2D eigenvalue weighted by molar-refractivity contribution is 5.97. The van der Waals surface area contributed by atoms with Crippen LogP contribution in [0.4, 0.5) is 11.4 Å². The molecule has 3 N–H and O–H groups in total. The van der Waals surface area contributed by atoms with E-state index in [-0.39, 0.29) is 5.69 Å². The van der Waals surface area contributed by atoms with Gasteiger partial charge in [0, 0.05) is 23.8 Å². The maximum absolute atomic E-state index is 10.9. The number of H-pyrrole nitrogens is 1. The lowest BCUT2D eigenvalue weighted by molar-refractivity contribution is -0.385. The number of hydrogen-bond donors (Lipinski definition) is 2. The number of benzene rings is 2. The smallest absolute Gasteiger partial charge is 0.311 e. The van der Waals surface area contributed by atoms with Crippen molar-refractivity contribution in [2.75, 3.05) is 0 Å². The minimum absolute atomic E-state index is 0.381. The predicted octanol–water partition coefficient (Wildman–Crippen LogP) is 2.82. The molecule has 0 aliphatic carbocycles. The fourth-order valence-electron chi connectivity index (χ4n) is 2.25. The lowest BCUT2D eigenvalue weighted by Gasteiger charge is -2.02. The first kappa shape index (κ1) is 17.7. The number of hydrazone groups is 1. The number of amidine groups is 1. The van der Waals surface area contributed by atoms with Gasteiger partial charge in [-0.3, -0.25) is 15.5 Å². The molecule has 0 fully saturated rings. The van der Waals surface area contributed by atoms with Crippen molar-refractivity contribution in [3.8, 4) is 5.75 Å². The minimum atomic E-state index is -0.651. The summed E-state index contributed by atoms with van der Waals surface area (Å²) in [6, 6.07) is 18.9. The number of nitrogens with zero attached hydrogens (tertiary/aromatic N) is 3. The van der Waals surface area contributed by atoms with Crippen LogP contribution >= 0.6 is 0 Å². The first-order valence-electron chi connectivity index (χ1n) is 8.01. The van der Waals surface area contributed by atoms with Crippen LogP contribution in [0.2, 0.25) is 0 Å². The van der Waals surface area contributed by atoms with Gasteiger partial charge in [0.1, 0.15) is 0 Å². The third-order valence-corrected chi connectivity index (χ3v) is 3.54. The molecule has 27 heavy (non-hydrogen) atoms. The Hall–Kier alpha value is -4.07. The Kier molecular flexibility index (Phi) is 5.48. The first-order valence-corrected chi connectivity index (χ1v) is 8.01. The largest absolute Gasteiger partial charge is 0.502 e. The number of rotatable bonds is 5. The molecule has 0 bridgehead atoms. The molecule has 0 aliphatic heterocycles. The third kappa shape index (κ3) is 4.73. The van der Waals surface area contributed by atoms with E-state index in [4.69, 9.17) is 0 Å². The SMILES string of the molecule is O=[N+]([O-])c1cc(C=NNC(=Nc2ccccc2)c2cccc[nH+]2)ccc1O. The van der Waals surface area contributed by atoms with Crippen molar-refractivity contribution in [3.63, 3.8) is 0 Å². The van der Waals surface area contributed by atoms with Crippen molar-refractivity contribution in [1.29, 1.82) is 0 Å². The highest BCUT2D eigenvalue weighted by Crippen LogP contribution is 2.25. The lowest BCUT2D eigenvalue weighted by Crippen LogP contribution is -2.26. The molecule has 134 valence electrons. The third-order valence-electron chi connectivity index (χ3n) is 3.54. The summed E-state index contributed by atoms with van der Waals surface area (Å²) in [5.74, 6) is 0.0849. The van der Waals surface area contributed by atoms with Gasteiger partial charge in [0.25, 0.3) is 0 Å². The van der Waals surface area contributed by atoms with Crippen molar-refractivity contribution in [2.45, 2.75) is 0 Å². The van der Waals surface area contributed by atoms with Gasteiger partial charge in [-0.2, -0.15) is 5.10 Å². The number of aliphatic imine (C=N–C) groups is 1. The maximum atomic E-state index is 10.9. The monoisotopic (exact) mass is 362 g/mol. The molecular weight excluding hydrogens is 346 g/mol. The van der Waals surface area contributed by atoms with Crippen LogP contribution in [-0.2, 0) is 0 Å². The molecular formula is C19H16N5O3+. The number of hydrogen-bond acceptors (Lipinski definition) is 5. The Morgan fingerprint density at radius 2 is 1.89 bits per heavy atom. The number of aromatic hydroxyl groups is 1. The molecule has 0 radical (unpaired) electrons. The molecule has 1 aromatic heterocycles. The topological polar surface area (TPSA) is 114 Å². The summed E-state index contributed by atoms with van der Waals surface area (Å²) in [6.07, 6.45) is 3.18. The quantitative estimate of drug-likeness (QED) is 0.314. The van der Waals surface area contributed by atoms with Crippen LogP contribution < -0.4 is 10.4 Å². The van der Waals surface area contributed by atoms with Crippen molar-refractivity contribution >= 4 is 23.4 Å². The normalized spacial score (nSPS) is 11.5. The number of nitrogens with one attached hydrogen (secondary N) is 2. The summed E-state index contributed by atoms with van der Waals surface area (Å²) in [6.45, 7) is 0. The van der Waals surface area contributed by atoms with Gasteiger partial charge in [0.05, 0.1) is 16.8 Å². The van der Waals surface area contributed by atoms with E-state index in [1.54, 1.807) is 6.20 Å². The molecule has 8 nitrogen and oxygen atoms in total. The maximum Gasteiger partial charge on any atom is 0.311 e. The highest BCUT2D eigenvalue weighted by atomic mass is 16.6. The van der Waals surface area contributed by atoms with E-state index in [9.17, 15) is 15.2 Å². The Morgan fingerprint density at radius 3 is 2.59 bits per heavy atom. The average molecular weight is 362 g/mol. The molecule has 0 saturated heterocycles. The molecule has 1 heterocycles. The van der Waals surface area contributed by atoms with Crippen LogP contribution in [0.15, 0.2) is 83.0 Å². The van der Waals surface area contributed by atoms with Crippen molar-refractivity contribution in [2.24, 2.45) is 10.1 Å². The van der Waals surface area contributed by atoms with E-state index in [0.717, 1.165) is 11.4 Å². The summed E-state index contributed by atoms with van der Waals surface area (Å²) >= 11 is 0. The lowest BCUT2D eigenvalue weighted by atomic mass is 10.2. The molecule has 0 unspecified atom stereocenters. The Balaban J connectivity index is 1.85. The van der Waals surface area contributed by atoms with Gasteiger partial charge in [-0.15, -0.1) is 0 Å². The second kappa shape index (κ2) is 8.34. The fourth-order valence-corrected chi connectivity index (χ4v) is 2.25. The second-order valence-corrected chi connectivity index (χ2v) is 5.45. The number of nitro groups is 1. The minimum Gasteiger partial charge on any atom is -0.502 e. The van der Waals surface area contributed by atoms with Gasteiger partial charge in [-0.1, -0.05) is 18.2 Å². The van der Waals surface area contributed by atoms with Crippen LogP contribution in [0.5, 0.6) is 5.75 Å². The number of nitro benzene ring substituents is 1. The molecule has 0 aliphatic rings. The van der Waals surface area contributed by atoms with Crippen LogP contribution in [0.1, 0.15) is 11.3 Å². The molecule has 0 atom stereocenters. The molecule has 2 aromatic carbocycles. The van der Waals surface area contributed by atoms with Crippen molar-refractivity contribution in [3.05, 3.63) is 94.3 Å². The summed E-state index contributed by atoms with van der Waals surface area (Å²) in [5.41, 5.74) is 4.39. The zero-order chi connectivity index (χ0) is 19.1. The Labute approximate surface area is 154 Å². The fraction of sp³-hybridized carbons (Fsp3) is 0. The highest BCUT2D eigenvalue weighted by Gasteiger charge is 2.13. The second-order valence-electron chi connectivity index (χ2n) is 5.45. The first-order chi connectivity index (χ1) is 13.1. The molecule has 3 aromatic rings. The Bertz CT molecular complexity index is 989. The number of para-hydroxylation sites is 1. The molecule has 0 amide bonds. The average Bonchev–Trinajstić information content (AvgIpc) is 2.69. The van der Waals surface area contributed by atoms with Gasteiger partial charge in [-0.25, -0.2) is 9.98 Å². The molecule has 0 saturated carbocycles. The van der Waals surface area contributed by atoms with Crippen LogP contribution in [0.25, 0.3) is 0 Å². The van der Waals surface area contributed by atoms with Gasteiger partial charge < -0.3 is 5.11 Å². The zero-order valence-electron chi connectivity index (χ0n) is 14.1. The number of aromatic amines is 1. The van der Waals surface area contributed by atoms with Gasteiger partial charge >= 0.3 is 5.69 Å². The van der Waals surface area contributed by atoms with E-state index in [1.165, 1.54) is 24.4 Å². The predicted molar refractivity (Wildman–Crippen MR) is 101 cm³/mol. The summed E-state index contributed by atoms with van der Waals surface area (Å²) in [5, 5.41) is 24.5. The van der Waals surface area contributed by atoms with E-state index in [2.05, 4.69) is 20.5 Å². The van der Waals surface area contributed by atoms with Gasteiger partial charge in [0.15, 0.2) is 11.9 Å². The zero-order valence-corrected chi connectivity index (χ0v) is 14.1. The summed E-state index contributed by atoms with van der Waals surface area (Å²) in [7, 11) is 0. The standard InChI is InChI=1S/C19H15N5O3/c25-18-10-9-14(12-17(18)24(26)27)13-21-23-19(16-8-4-5-11-20-16)22-15-6-2-1-3-7-15/h1-13,25H,(H,22,23)/p+1. The van der Waals surface area contributed by atoms with E-state index < -0.39 is 10.7 Å². The van der Waals surface area contributed by atoms with E-state index in [0.29, 0.717) is 11.4 Å². The van der Waals surface area contributed by atoms with Gasteiger partial charge in [-0.05, 0) is 30.3 Å². The summed E-state index contributed by atoms with van der Waals surface area (Å²) < 4.78 is 0. The molecule has 0 spiro atoms. The summed E-state index contributed by atoms with van der Waals surface area (Å²) in [4.78, 5) is 17.9. The van der Waals surface area contributed by atoms with E-state index >= 15 is 0 Å². The van der Waals surface area contributed by atoms with E-state index in [1.807, 2.05) is 48.5 Å². The number of phenolic OH excluding ortho intramolecular Hbond substituents is 1. The Morgan fingerprint density at radius 1 is 1.11 bits per heavy atom.